The summed E-state index contributed by atoms with van der Waals surface area (Å²) in [6, 6.07) is 11.2. The highest BCUT2D eigenvalue weighted by Crippen LogP contribution is 2.30. The summed E-state index contributed by atoms with van der Waals surface area (Å²) in [6.45, 7) is 7.68. The summed E-state index contributed by atoms with van der Waals surface area (Å²) in [5.74, 6) is -0.129. The van der Waals surface area contributed by atoms with E-state index in [9.17, 15) is 18.0 Å². The second kappa shape index (κ2) is 13.5. The number of methoxy groups -OCH3 is 1. The first-order chi connectivity index (χ1) is 17.7. The van der Waals surface area contributed by atoms with Gasteiger partial charge in [-0.05, 0) is 63.4 Å². The Balaban J connectivity index is 2.30. The lowest BCUT2D eigenvalue weighted by Gasteiger charge is -2.33. The van der Waals surface area contributed by atoms with Gasteiger partial charge in [-0.2, -0.15) is 0 Å². The Kier molecular flexibility index (Phi) is 11.3. The first kappa shape index (κ1) is 31.7. The average Bonchev–Trinajstić information content (AvgIpc) is 2.82. The minimum atomic E-state index is -3.64. The molecule has 0 radical (unpaired) electrons. The summed E-state index contributed by atoms with van der Waals surface area (Å²) in [4.78, 5) is 28.2. The number of nitrogens with one attached hydrogen (secondary N) is 1. The third-order valence-corrected chi connectivity index (χ3v) is 7.65. The number of rotatable bonds is 12. The number of benzene rings is 2. The second-order valence-corrected chi connectivity index (χ2v) is 12.8. The zero-order valence-electron chi connectivity index (χ0n) is 22.8. The lowest BCUT2D eigenvalue weighted by molar-refractivity contribution is -0.142. The number of carbonyl (C=O) groups excluding carboxylic acids is 2. The van der Waals surface area contributed by atoms with Crippen molar-refractivity contribution in [3.8, 4) is 5.75 Å². The van der Waals surface area contributed by atoms with Crippen LogP contribution in [0.25, 0.3) is 0 Å². The van der Waals surface area contributed by atoms with E-state index in [4.69, 9.17) is 27.9 Å². The highest BCUT2D eigenvalue weighted by molar-refractivity contribution is 7.92. The number of amides is 2. The van der Waals surface area contributed by atoms with Crippen molar-refractivity contribution >= 4 is 50.7 Å². The molecule has 2 amide bonds. The van der Waals surface area contributed by atoms with E-state index in [1.807, 2.05) is 27.7 Å². The summed E-state index contributed by atoms with van der Waals surface area (Å²) < 4.78 is 31.7. The third kappa shape index (κ3) is 9.06. The number of nitrogens with zero attached hydrogens (tertiary/aromatic N) is 2. The molecule has 0 aliphatic heterocycles. The van der Waals surface area contributed by atoms with Crippen molar-refractivity contribution in [2.75, 3.05) is 24.2 Å². The second-order valence-electron chi connectivity index (χ2n) is 10.0. The van der Waals surface area contributed by atoms with Gasteiger partial charge in [0.05, 0.1) is 29.1 Å². The van der Waals surface area contributed by atoms with Crippen molar-refractivity contribution in [1.29, 1.82) is 0 Å². The maximum absolute atomic E-state index is 13.6. The number of hydrogen-bond donors (Lipinski definition) is 1. The molecule has 0 aliphatic carbocycles. The molecule has 2 aromatic carbocycles. The first-order valence-electron chi connectivity index (χ1n) is 12.3. The zero-order valence-corrected chi connectivity index (χ0v) is 25.1. The number of ether oxygens (including phenoxy) is 1. The van der Waals surface area contributed by atoms with E-state index in [1.54, 1.807) is 42.5 Å². The largest absolute Gasteiger partial charge is 0.495 e. The molecule has 1 atom stereocenters. The molecule has 0 unspecified atom stereocenters. The van der Waals surface area contributed by atoms with Gasteiger partial charge in [0.1, 0.15) is 11.8 Å². The molecule has 8 nitrogen and oxygen atoms in total. The van der Waals surface area contributed by atoms with E-state index in [0.717, 1.165) is 11.8 Å². The van der Waals surface area contributed by atoms with Crippen LogP contribution in [-0.4, -0.2) is 56.6 Å². The Labute approximate surface area is 236 Å². The first-order valence-corrected chi connectivity index (χ1v) is 14.9. The van der Waals surface area contributed by atoms with Crippen LogP contribution in [0.15, 0.2) is 42.5 Å². The molecule has 0 spiro atoms. The van der Waals surface area contributed by atoms with E-state index < -0.39 is 21.6 Å². The van der Waals surface area contributed by atoms with Crippen LogP contribution in [0.2, 0.25) is 10.0 Å². The van der Waals surface area contributed by atoms with Gasteiger partial charge in [0, 0.05) is 25.0 Å². The Bertz CT molecular complexity index is 1230. The van der Waals surface area contributed by atoms with E-state index >= 15 is 0 Å². The molecular weight excluding hydrogens is 549 g/mol. The van der Waals surface area contributed by atoms with Crippen LogP contribution in [0.4, 0.5) is 5.69 Å². The topological polar surface area (TPSA) is 96.0 Å². The van der Waals surface area contributed by atoms with Crippen LogP contribution in [-0.2, 0) is 26.2 Å². The molecule has 0 bridgehead atoms. The monoisotopic (exact) mass is 585 g/mol. The highest BCUT2D eigenvalue weighted by Gasteiger charge is 2.31. The Morgan fingerprint density at radius 2 is 1.74 bits per heavy atom. The third-order valence-electron chi connectivity index (χ3n) is 5.73. The fourth-order valence-electron chi connectivity index (χ4n) is 4.03. The van der Waals surface area contributed by atoms with Crippen molar-refractivity contribution in [2.24, 2.45) is 0 Å². The van der Waals surface area contributed by atoms with Crippen molar-refractivity contribution in [3.05, 3.63) is 58.1 Å². The molecule has 2 aromatic rings. The molecule has 1 N–H and O–H groups in total. The molecule has 0 saturated heterocycles. The summed E-state index contributed by atoms with van der Waals surface area (Å²) in [6.07, 6.45) is 1.77. The molecule has 210 valence electrons. The number of para-hydroxylation sites is 2. The standard InChI is InChI=1S/C27H37Cl2N3O5S/c1-7-22(26(34)30-27(2,3)4)31(18-19-14-15-20(28)21(29)17-19)25(33)13-10-16-32(38(6,35)36)23-11-8-9-12-24(23)37-5/h8-9,11-12,14-15,17,22H,7,10,13,16,18H2,1-6H3,(H,30,34)/t22-/m0/s1. The van der Waals surface area contributed by atoms with Gasteiger partial charge in [0.2, 0.25) is 21.8 Å². The number of carbonyl (C=O) groups is 2. The van der Waals surface area contributed by atoms with Gasteiger partial charge in [-0.1, -0.05) is 48.3 Å². The van der Waals surface area contributed by atoms with Crippen LogP contribution in [0.5, 0.6) is 5.75 Å². The number of halogens is 2. The Hall–Kier alpha value is -2.49. The molecule has 0 fully saturated rings. The highest BCUT2D eigenvalue weighted by atomic mass is 35.5. The van der Waals surface area contributed by atoms with Gasteiger partial charge >= 0.3 is 0 Å². The lowest BCUT2D eigenvalue weighted by Crippen LogP contribution is -2.53. The normalized spacial score (nSPS) is 12.5. The summed E-state index contributed by atoms with van der Waals surface area (Å²) in [7, 11) is -2.17. The fraction of sp³-hybridized carbons (Fsp3) is 0.481. The molecule has 0 saturated carbocycles. The molecule has 0 aromatic heterocycles. The van der Waals surface area contributed by atoms with E-state index in [0.29, 0.717) is 27.9 Å². The van der Waals surface area contributed by atoms with E-state index in [1.165, 1.54) is 16.3 Å². The maximum atomic E-state index is 13.6. The molecule has 38 heavy (non-hydrogen) atoms. The van der Waals surface area contributed by atoms with Crippen LogP contribution in [0, 0.1) is 0 Å². The van der Waals surface area contributed by atoms with Crippen LogP contribution >= 0.6 is 23.2 Å². The fourth-order valence-corrected chi connectivity index (χ4v) is 5.31. The predicted molar refractivity (Wildman–Crippen MR) is 153 cm³/mol. The SMILES string of the molecule is CC[C@@H](C(=O)NC(C)(C)C)N(Cc1ccc(Cl)c(Cl)c1)C(=O)CCCN(c1ccccc1OC)S(C)(=O)=O. The minimum Gasteiger partial charge on any atom is -0.495 e. The quantitative estimate of drug-likeness (QED) is 0.366. The Morgan fingerprint density at radius 1 is 1.08 bits per heavy atom. The number of sulfonamides is 1. The zero-order chi connectivity index (χ0) is 28.7. The number of anilines is 1. The molecule has 0 aliphatic rings. The van der Waals surface area contributed by atoms with Crippen molar-refractivity contribution in [3.63, 3.8) is 0 Å². The summed E-state index contributed by atoms with van der Waals surface area (Å²) in [5, 5.41) is 3.70. The van der Waals surface area contributed by atoms with Gasteiger partial charge in [0.15, 0.2) is 0 Å². The van der Waals surface area contributed by atoms with Crippen LogP contribution in [0.1, 0.15) is 52.5 Å². The van der Waals surface area contributed by atoms with Gasteiger partial charge in [0.25, 0.3) is 0 Å². The molecule has 0 heterocycles. The number of hydrogen-bond acceptors (Lipinski definition) is 5. The predicted octanol–water partition coefficient (Wildman–Crippen LogP) is 5.27. The lowest BCUT2D eigenvalue weighted by atomic mass is 10.0. The Morgan fingerprint density at radius 3 is 2.29 bits per heavy atom. The van der Waals surface area contributed by atoms with Crippen LogP contribution in [0.3, 0.4) is 0 Å². The minimum absolute atomic E-state index is 0.0296. The van der Waals surface area contributed by atoms with Gasteiger partial charge in [-0.3, -0.25) is 13.9 Å². The van der Waals surface area contributed by atoms with Gasteiger partial charge in [-0.15, -0.1) is 0 Å². The van der Waals surface area contributed by atoms with Gasteiger partial charge in [-0.25, -0.2) is 8.42 Å². The molecule has 11 heteroatoms. The molecular formula is C27H37Cl2N3O5S. The van der Waals surface area contributed by atoms with Crippen molar-refractivity contribution < 1.29 is 22.7 Å². The van der Waals surface area contributed by atoms with Crippen molar-refractivity contribution in [2.45, 2.75) is 65.1 Å². The maximum Gasteiger partial charge on any atom is 0.243 e. The average molecular weight is 587 g/mol. The summed E-state index contributed by atoms with van der Waals surface area (Å²) in [5.41, 5.74) is 0.642. The smallest absolute Gasteiger partial charge is 0.243 e. The molecule has 2 rings (SSSR count). The van der Waals surface area contributed by atoms with Crippen molar-refractivity contribution in [1.82, 2.24) is 10.2 Å². The summed E-state index contributed by atoms with van der Waals surface area (Å²) >= 11 is 12.3. The van der Waals surface area contributed by atoms with Crippen LogP contribution < -0.4 is 14.4 Å². The van der Waals surface area contributed by atoms with E-state index in [-0.39, 0.29) is 37.7 Å². The van der Waals surface area contributed by atoms with E-state index in [2.05, 4.69) is 5.32 Å². The van der Waals surface area contributed by atoms with Gasteiger partial charge < -0.3 is 15.0 Å².